The summed E-state index contributed by atoms with van der Waals surface area (Å²) in [4.78, 5) is 27.4. The average Bonchev–Trinajstić information content (AvgIpc) is 3.40. The van der Waals surface area contributed by atoms with Gasteiger partial charge in [-0.05, 0) is 34.2 Å². The van der Waals surface area contributed by atoms with Gasteiger partial charge in [-0.3, -0.25) is 0 Å². The fourth-order valence-electron chi connectivity index (χ4n) is 6.08. The first-order valence-corrected chi connectivity index (χ1v) is 18.7. The molecule has 0 spiro atoms. The minimum atomic E-state index is -1.15. The minimum Gasteiger partial charge on any atom is -0.480 e. The molecule has 0 aromatic heterocycles. The Hall–Kier alpha value is -3.20. The van der Waals surface area contributed by atoms with Crippen molar-refractivity contribution in [2.45, 2.75) is 115 Å². The van der Waals surface area contributed by atoms with E-state index in [9.17, 15) is 14.7 Å². The number of carboxylic acids is 1. The zero-order chi connectivity index (χ0) is 33.5. The van der Waals surface area contributed by atoms with Crippen LogP contribution in [0.1, 0.15) is 114 Å². The summed E-state index contributed by atoms with van der Waals surface area (Å²) < 4.78 is 11.3. The number of nitrogens with zero attached hydrogens (tertiary/aromatic N) is 3. The molecule has 2 unspecified atom stereocenters. The van der Waals surface area contributed by atoms with Crippen molar-refractivity contribution >= 4 is 23.8 Å². The highest BCUT2D eigenvalue weighted by molar-refractivity contribution is 7.99. The first kappa shape index (κ1) is 38.2. The Morgan fingerprint density at radius 3 is 1.91 bits per heavy atom. The fourth-order valence-corrected chi connectivity index (χ4v) is 7.12. The van der Waals surface area contributed by atoms with E-state index in [2.05, 4.69) is 34.4 Å². The third-order valence-electron chi connectivity index (χ3n) is 8.70. The number of ether oxygens (including phenoxy) is 2. The molecule has 0 aliphatic heterocycles. The molecule has 258 valence electrons. The topological polar surface area (TPSA) is 134 Å². The molecule has 2 N–H and O–H groups in total. The summed E-state index contributed by atoms with van der Waals surface area (Å²) in [7, 11) is 0. The van der Waals surface area contributed by atoms with Crippen molar-refractivity contribution in [1.82, 2.24) is 5.32 Å². The number of nitrogens with one attached hydrogen (secondary N) is 1. The molecule has 1 aliphatic carbocycles. The van der Waals surface area contributed by atoms with Crippen molar-refractivity contribution in [2.75, 3.05) is 31.3 Å². The summed E-state index contributed by atoms with van der Waals surface area (Å²) >= 11 is 1.30. The lowest BCUT2D eigenvalue weighted by atomic mass is 9.98. The number of hydrogen-bond acceptors (Lipinski definition) is 6. The maximum atomic E-state index is 12.6. The van der Waals surface area contributed by atoms with E-state index in [1.54, 1.807) is 0 Å². The highest BCUT2D eigenvalue weighted by Gasteiger charge is 2.29. The molecule has 9 nitrogen and oxygen atoms in total. The van der Waals surface area contributed by atoms with Crippen LogP contribution in [0.2, 0.25) is 0 Å². The number of hydrogen-bond donors (Lipinski definition) is 2. The molecule has 2 aromatic rings. The Labute approximate surface area is 285 Å². The first-order valence-electron chi connectivity index (χ1n) is 17.6. The normalized spacial score (nSPS) is 13.3. The van der Waals surface area contributed by atoms with Gasteiger partial charge in [0.1, 0.15) is 12.6 Å². The van der Waals surface area contributed by atoms with Gasteiger partial charge in [0.2, 0.25) is 0 Å². The molecule has 0 fully saturated rings. The van der Waals surface area contributed by atoms with Gasteiger partial charge in [0.25, 0.3) is 0 Å². The van der Waals surface area contributed by atoms with Crippen molar-refractivity contribution < 1.29 is 24.2 Å². The van der Waals surface area contributed by atoms with Crippen LogP contribution in [0.25, 0.3) is 21.6 Å². The van der Waals surface area contributed by atoms with Crippen LogP contribution in [0.3, 0.4) is 0 Å². The highest BCUT2D eigenvalue weighted by Crippen LogP contribution is 2.44. The van der Waals surface area contributed by atoms with E-state index in [1.165, 1.54) is 88.8 Å². The Morgan fingerprint density at radius 1 is 0.851 bits per heavy atom. The summed E-state index contributed by atoms with van der Waals surface area (Å²) in [6.45, 7) is 3.26. The van der Waals surface area contributed by atoms with Gasteiger partial charge in [-0.25, -0.2) is 9.59 Å². The zero-order valence-corrected chi connectivity index (χ0v) is 28.9. The van der Waals surface area contributed by atoms with Crippen molar-refractivity contribution in [3.63, 3.8) is 0 Å². The van der Waals surface area contributed by atoms with Crippen molar-refractivity contribution in [1.29, 1.82) is 0 Å². The first-order chi connectivity index (χ1) is 23.0. The highest BCUT2D eigenvalue weighted by atomic mass is 32.2. The van der Waals surface area contributed by atoms with Crippen LogP contribution in [0.15, 0.2) is 53.6 Å². The maximum absolute atomic E-state index is 12.6. The van der Waals surface area contributed by atoms with Crippen molar-refractivity contribution in [3.05, 3.63) is 70.1 Å². The van der Waals surface area contributed by atoms with Crippen LogP contribution >= 0.6 is 11.8 Å². The Morgan fingerprint density at radius 2 is 1.38 bits per heavy atom. The molecule has 0 radical (unpaired) electrons. The lowest BCUT2D eigenvalue weighted by molar-refractivity contribution is -0.138. The van der Waals surface area contributed by atoms with Crippen LogP contribution in [0.5, 0.6) is 0 Å². The number of rotatable bonds is 26. The average molecular weight is 667 g/mol. The summed E-state index contributed by atoms with van der Waals surface area (Å²) in [6.07, 6.45) is 17.4. The van der Waals surface area contributed by atoms with E-state index in [0.29, 0.717) is 12.4 Å². The number of benzene rings is 2. The molecular formula is C37H54N4O5S. The van der Waals surface area contributed by atoms with E-state index in [1.807, 2.05) is 36.4 Å². The molecule has 1 amide bonds. The number of amides is 1. The van der Waals surface area contributed by atoms with Gasteiger partial charge in [-0.1, -0.05) is 144 Å². The quantitative estimate of drug-likeness (QED) is 0.0444. The number of azide groups is 1. The van der Waals surface area contributed by atoms with Gasteiger partial charge in [0.05, 0.1) is 12.6 Å². The molecule has 10 heteroatoms. The number of thioether (sulfide) groups is 1. The Balaban J connectivity index is 1.25. The van der Waals surface area contributed by atoms with Crippen LogP contribution in [-0.4, -0.2) is 60.6 Å². The van der Waals surface area contributed by atoms with E-state index < -0.39 is 24.1 Å². The molecule has 0 bridgehead atoms. The molecule has 47 heavy (non-hydrogen) atoms. The SMILES string of the molecule is CCCCCCCCCCCCCCCCOCC(CSCC(NC(=O)OCC1c2ccccc2-c2ccccc21)C(=O)O)N=[N+]=[N-]. The van der Waals surface area contributed by atoms with Crippen molar-refractivity contribution in [3.8, 4) is 11.1 Å². The summed E-state index contributed by atoms with van der Waals surface area (Å²) in [5.74, 6) is -0.769. The molecule has 2 atom stereocenters. The summed E-state index contributed by atoms with van der Waals surface area (Å²) in [6, 6.07) is 14.5. The van der Waals surface area contributed by atoms with Gasteiger partial charge >= 0.3 is 12.1 Å². The van der Waals surface area contributed by atoms with Gasteiger partial charge in [0, 0.05) is 28.9 Å². The lowest BCUT2D eigenvalue weighted by Crippen LogP contribution is -2.43. The van der Waals surface area contributed by atoms with Crippen LogP contribution in [0, 0.1) is 0 Å². The van der Waals surface area contributed by atoms with E-state index in [0.717, 1.165) is 35.1 Å². The van der Waals surface area contributed by atoms with Gasteiger partial charge < -0.3 is 19.9 Å². The second kappa shape index (κ2) is 23.2. The second-order valence-corrected chi connectivity index (χ2v) is 13.5. The number of fused-ring (bicyclic) bond motifs is 3. The van der Waals surface area contributed by atoms with Crippen LogP contribution < -0.4 is 5.32 Å². The molecule has 0 saturated carbocycles. The van der Waals surface area contributed by atoms with Gasteiger partial charge in [-0.2, -0.15) is 11.8 Å². The Kier molecular flexibility index (Phi) is 18.9. The largest absolute Gasteiger partial charge is 0.480 e. The third kappa shape index (κ3) is 14.2. The van der Waals surface area contributed by atoms with Crippen LogP contribution in [0.4, 0.5) is 4.79 Å². The lowest BCUT2D eigenvalue weighted by Gasteiger charge is -2.18. The predicted molar refractivity (Wildman–Crippen MR) is 191 cm³/mol. The molecule has 1 aliphatic rings. The van der Waals surface area contributed by atoms with Crippen molar-refractivity contribution in [2.24, 2.45) is 5.11 Å². The smallest absolute Gasteiger partial charge is 0.407 e. The third-order valence-corrected chi connectivity index (χ3v) is 9.89. The van der Waals surface area contributed by atoms with Crippen LogP contribution in [-0.2, 0) is 14.3 Å². The predicted octanol–water partition coefficient (Wildman–Crippen LogP) is 9.89. The van der Waals surface area contributed by atoms with E-state index in [-0.39, 0.29) is 24.9 Å². The molecular weight excluding hydrogens is 612 g/mol. The number of aliphatic carboxylic acids is 1. The standard InChI is InChI=1S/C37H54N4O5S/c1-2-3-4-5-6-7-8-9-10-11-12-13-14-19-24-45-25-29(40-41-38)27-47-28-35(36(42)43)39-37(44)46-26-34-32-22-17-15-20-30(32)31-21-16-18-23-33(31)34/h15-18,20-23,29,34-35H,2-14,19,24-28H2,1H3,(H,39,44)(H,42,43). The zero-order valence-electron chi connectivity index (χ0n) is 28.1. The van der Waals surface area contributed by atoms with E-state index >= 15 is 0 Å². The molecule has 0 heterocycles. The molecule has 3 rings (SSSR count). The number of alkyl carbamates (subject to hydrolysis) is 1. The molecule has 2 aromatic carbocycles. The Bertz CT molecular complexity index is 1210. The number of carbonyl (C=O) groups is 2. The summed E-state index contributed by atoms with van der Waals surface area (Å²) in [5, 5.41) is 16.0. The maximum Gasteiger partial charge on any atom is 0.407 e. The van der Waals surface area contributed by atoms with E-state index in [4.69, 9.17) is 15.0 Å². The fraction of sp³-hybridized carbons (Fsp3) is 0.622. The van der Waals surface area contributed by atoms with Gasteiger partial charge in [-0.15, -0.1) is 0 Å². The minimum absolute atomic E-state index is 0.106. The molecule has 0 saturated heterocycles. The monoisotopic (exact) mass is 666 g/mol. The number of unbranched alkanes of at least 4 members (excludes halogenated alkanes) is 13. The summed E-state index contributed by atoms with van der Waals surface area (Å²) in [5.41, 5.74) is 13.4. The number of carboxylic acid groups (broad SMARTS) is 1. The number of carbonyl (C=O) groups excluding carboxylic acids is 1. The van der Waals surface area contributed by atoms with Gasteiger partial charge in [0.15, 0.2) is 0 Å². The second-order valence-electron chi connectivity index (χ2n) is 12.4.